The van der Waals surface area contributed by atoms with E-state index in [0.717, 1.165) is 43.6 Å². The molecule has 3 N–H and O–H groups in total. The number of aromatic nitrogens is 1. The van der Waals surface area contributed by atoms with Gasteiger partial charge in [0.2, 0.25) is 0 Å². The van der Waals surface area contributed by atoms with Crippen LogP contribution in [-0.4, -0.2) is 9.64 Å². The van der Waals surface area contributed by atoms with Crippen molar-refractivity contribution in [2.75, 3.05) is 5.73 Å². The summed E-state index contributed by atoms with van der Waals surface area (Å²) in [5.41, 5.74) is 9.12. The minimum absolute atomic E-state index is 0.244. The zero-order valence-corrected chi connectivity index (χ0v) is 16.7. The van der Waals surface area contributed by atoms with Gasteiger partial charge in [-0.25, -0.2) is 9.37 Å². The summed E-state index contributed by atoms with van der Waals surface area (Å²) in [5.74, 6) is 0.278. The summed E-state index contributed by atoms with van der Waals surface area (Å²) in [4.78, 5) is 4.74. The van der Waals surface area contributed by atoms with Crippen LogP contribution in [0.5, 0.6) is 0 Å². The van der Waals surface area contributed by atoms with Gasteiger partial charge in [0.1, 0.15) is 11.6 Å². The van der Waals surface area contributed by atoms with Gasteiger partial charge >= 0.3 is 0 Å². The van der Waals surface area contributed by atoms with E-state index in [1.54, 1.807) is 0 Å². The summed E-state index contributed by atoms with van der Waals surface area (Å²) >= 11 is 0. The summed E-state index contributed by atoms with van der Waals surface area (Å²) in [6, 6.07) is 24.9. The molecule has 156 valence electrons. The summed E-state index contributed by atoms with van der Waals surface area (Å²) in [5, 5.41) is 5.17. The molecule has 0 aliphatic rings. The van der Waals surface area contributed by atoms with Crippen LogP contribution in [0.1, 0.15) is 0 Å². The molecule has 0 saturated carbocycles. The molecule has 1 heterocycles. The lowest BCUT2D eigenvalue weighted by atomic mass is 9.92. The molecule has 0 radical (unpaired) electrons. The summed E-state index contributed by atoms with van der Waals surface area (Å²) in [7, 11) is -4.69. The van der Waals surface area contributed by atoms with E-state index in [4.69, 9.17) is 29.4 Å². The monoisotopic (exact) mass is 438 g/mol. The van der Waals surface area contributed by atoms with Crippen LogP contribution in [0.25, 0.3) is 43.6 Å². The number of hydrogen-bond acceptors (Lipinski definition) is 6. The third-order valence-electron chi connectivity index (χ3n) is 4.88. The second kappa shape index (κ2) is 8.07. The molecule has 0 aliphatic heterocycles. The molecule has 1 aromatic heterocycles. The number of benzene rings is 4. The van der Waals surface area contributed by atoms with Crippen molar-refractivity contribution in [3.63, 3.8) is 0 Å². The third kappa shape index (κ3) is 4.41. The van der Waals surface area contributed by atoms with Crippen LogP contribution >= 0.6 is 0 Å². The van der Waals surface area contributed by atoms with Gasteiger partial charge in [-0.1, -0.05) is 60.7 Å². The molecule has 5 rings (SSSR count). The molecule has 31 heavy (non-hydrogen) atoms. The Bertz CT molecular complexity index is 1400. The second-order valence-electron chi connectivity index (χ2n) is 6.81. The van der Waals surface area contributed by atoms with Crippen molar-refractivity contribution in [2.24, 2.45) is 0 Å². The van der Waals surface area contributed by atoms with Crippen molar-refractivity contribution in [3.05, 3.63) is 84.7 Å². The number of nitrogens with zero attached hydrogens (tertiary/aromatic N) is 1. The molecule has 0 bridgehead atoms. The lowest BCUT2D eigenvalue weighted by molar-refractivity contribution is -1.92. The van der Waals surface area contributed by atoms with E-state index in [-0.39, 0.29) is 5.82 Å². The Hall–Kier alpha value is -3.33. The van der Waals surface area contributed by atoms with Crippen LogP contribution in [-0.2, 0) is 0 Å². The zero-order chi connectivity index (χ0) is 22.2. The average molecular weight is 439 g/mol. The summed E-state index contributed by atoms with van der Waals surface area (Å²) < 4.78 is 46.2. The van der Waals surface area contributed by atoms with Gasteiger partial charge in [-0.05, 0) is 40.1 Å². The number of fused-ring (bicyclic) bond motifs is 5. The van der Waals surface area contributed by atoms with E-state index in [2.05, 4.69) is 24.3 Å². The lowest BCUT2D eigenvalue weighted by Crippen LogP contribution is -2.58. The zero-order valence-electron chi connectivity index (χ0n) is 16.0. The highest BCUT2D eigenvalue weighted by molar-refractivity contribution is 6.22. The Morgan fingerprint density at radius 1 is 0.806 bits per heavy atom. The fraction of sp³-hybridized carbons (Fsp3) is 0. The summed E-state index contributed by atoms with van der Waals surface area (Å²) in [6.45, 7) is 0. The largest absolute Gasteiger partial charge is 0.383 e. The molecule has 8 heteroatoms. The first kappa shape index (κ1) is 20.9. The molecule has 5 aromatic rings. The molecule has 0 spiro atoms. The highest BCUT2D eigenvalue weighted by Gasteiger charge is 2.14. The number of nitrogens with two attached hydrogens (primary N) is 1. The Morgan fingerprint density at radius 2 is 1.35 bits per heavy atom. The van der Waals surface area contributed by atoms with Crippen LogP contribution < -0.4 is 19.7 Å². The first-order chi connectivity index (χ1) is 14.7. The normalized spacial score (nSPS) is 11.5. The Morgan fingerprint density at radius 3 is 2.00 bits per heavy atom. The Kier molecular flexibility index (Phi) is 5.45. The number of halogens is 2. The van der Waals surface area contributed by atoms with E-state index in [0.29, 0.717) is 5.82 Å². The minimum atomic E-state index is -4.69. The van der Waals surface area contributed by atoms with Crippen molar-refractivity contribution in [1.29, 1.82) is 0 Å². The van der Waals surface area contributed by atoms with E-state index in [9.17, 15) is 4.39 Å². The van der Waals surface area contributed by atoms with E-state index < -0.39 is 10.2 Å². The Labute approximate surface area is 178 Å². The molecule has 0 unspecified atom stereocenters. The number of pyridine rings is 1. The molecule has 6 nitrogen and oxygen atoms in total. The van der Waals surface area contributed by atoms with Crippen molar-refractivity contribution < 1.29 is 33.3 Å². The standard InChI is InChI=1S/C23H15FN2.ClHO4/c24-16-11-9-14(10-12-16)20-13-15-5-1-2-6-17(15)22-21(20)18-7-3-4-8-19(18)23(25)26-22;2-1(3,4)5/h1-13H,(H2,25,26);(H,2,3,4,5). The van der Waals surface area contributed by atoms with Gasteiger partial charge in [0, 0.05) is 16.2 Å². The van der Waals surface area contributed by atoms with Crippen molar-refractivity contribution in [1.82, 2.24) is 4.98 Å². The SMILES string of the molecule is Nc1nc2c3ccccc3cc(-c3ccc(F)cc3)c2c2ccccc12.[O-][Cl+3]([O-])([O-])O. The fourth-order valence-electron chi connectivity index (χ4n) is 3.68. The third-order valence-corrected chi connectivity index (χ3v) is 4.88. The average Bonchev–Trinajstić information content (AvgIpc) is 2.73. The first-order valence-electron chi connectivity index (χ1n) is 9.11. The molecule has 0 amide bonds. The molecule has 0 fully saturated rings. The maximum Gasteiger partial charge on any atom is 0.132 e. The Balaban J connectivity index is 0.000000418. The lowest BCUT2D eigenvalue weighted by Gasteiger charge is -2.14. The predicted molar refractivity (Wildman–Crippen MR) is 109 cm³/mol. The fourth-order valence-corrected chi connectivity index (χ4v) is 3.68. The molecular formula is C23H16ClFN2O4. The maximum absolute atomic E-state index is 13.4. The van der Waals surface area contributed by atoms with Gasteiger partial charge in [-0.15, -0.1) is 0 Å². The topological polar surface area (TPSA) is 128 Å². The number of hydrogen-bond donors (Lipinski definition) is 2. The van der Waals surface area contributed by atoms with Crippen LogP contribution in [0.15, 0.2) is 78.9 Å². The highest BCUT2D eigenvalue weighted by atomic mass is 35.7. The van der Waals surface area contributed by atoms with Crippen LogP contribution in [0.3, 0.4) is 0 Å². The molecular weight excluding hydrogens is 423 g/mol. The van der Waals surface area contributed by atoms with Gasteiger partial charge in [-0.2, -0.15) is 14.0 Å². The maximum atomic E-state index is 13.4. The summed E-state index contributed by atoms with van der Waals surface area (Å²) in [6.07, 6.45) is 0. The second-order valence-corrected chi connectivity index (χ2v) is 7.61. The smallest absolute Gasteiger partial charge is 0.132 e. The van der Waals surface area contributed by atoms with Crippen LogP contribution in [0, 0.1) is 16.1 Å². The first-order valence-corrected chi connectivity index (χ1v) is 10.4. The number of rotatable bonds is 1. The quantitative estimate of drug-likeness (QED) is 0.384. The number of nitrogen functional groups attached to an aromatic ring is 1. The van der Waals surface area contributed by atoms with Crippen LogP contribution in [0.2, 0.25) is 0 Å². The van der Waals surface area contributed by atoms with Gasteiger partial charge < -0.3 is 5.73 Å². The predicted octanol–water partition coefficient (Wildman–Crippen LogP) is 1.81. The van der Waals surface area contributed by atoms with Gasteiger partial charge in [0.25, 0.3) is 0 Å². The van der Waals surface area contributed by atoms with Crippen molar-refractivity contribution >= 4 is 38.3 Å². The van der Waals surface area contributed by atoms with E-state index in [1.165, 1.54) is 12.1 Å². The van der Waals surface area contributed by atoms with Crippen molar-refractivity contribution in [2.45, 2.75) is 0 Å². The molecule has 4 aromatic carbocycles. The van der Waals surface area contributed by atoms with E-state index in [1.807, 2.05) is 42.5 Å². The number of anilines is 1. The van der Waals surface area contributed by atoms with E-state index >= 15 is 0 Å². The molecule has 0 saturated heterocycles. The molecule has 0 aliphatic carbocycles. The van der Waals surface area contributed by atoms with Crippen LogP contribution in [0.4, 0.5) is 10.2 Å². The van der Waals surface area contributed by atoms with Gasteiger partial charge in [0.15, 0.2) is 0 Å². The van der Waals surface area contributed by atoms with Gasteiger partial charge in [0.05, 0.1) is 20.4 Å². The molecule has 0 atom stereocenters. The van der Waals surface area contributed by atoms with Gasteiger partial charge in [-0.3, -0.25) is 0 Å². The highest BCUT2D eigenvalue weighted by Crippen LogP contribution is 2.39. The minimum Gasteiger partial charge on any atom is -0.383 e. The van der Waals surface area contributed by atoms with Crippen molar-refractivity contribution in [3.8, 4) is 11.1 Å².